The van der Waals surface area contributed by atoms with Crippen molar-refractivity contribution >= 4 is 22.5 Å². The van der Waals surface area contributed by atoms with E-state index in [4.69, 9.17) is 9.97 Å². The Morgan fingerprint density at radius 3 is 2.28 bits per heavy atom. The van der Waals surface area contributed by atoms with Gasteiger partial charge in [0.25, 0.3) is 0 Å². The van der Waals surface area contributed by atoms with Crippen LogP contribution >= 0.6 is 0 Å². The van der Waals surface area contributed by atoms with E-state index in [9.17, 15) is 0 Å². The van der Waals surface area contributed by atoms with Crippen molar-refractivity contribution < 1.29 is 0 Å². The summed E-state index contributed by atoms with van der Waals surface area (Å²) in [4.78, 5) is 9.61. The molecule has 124 valence electrons. The molecule has 0 radical (unpaired) electrons. The van der Waals surface area contributed by atoms with Gasteiger partial charge in [0.1, 0.15) is 0 Å². The first-order valence-electron chi connectivity index (χ1n) is 8.24. The number of para-hydroxylation sites is 2. The summed E-state index contributed by atoms with van der Waals surface area (Å²) in [6, 6.07) is 18.1. The first-order valence-corrected chi connectivity index (χ1v) is 8.24. The van der Waals surface area contributed by atoms with Crippen LogP contribution in [0, 0.1) is 20.8 Å². The Labute approximate surface area is 146 Å². The van der Waals surface area contributed by atoms with E-state index in [0.29, 0.717) is 11.6 Å². The van der Waals surface area contributed by atoms with Crippen LogP contribution in [0.1, 0.15) is 17.0 Å². The molecule has 0 saturated carbocycles. The maximum absolute atomic E-state index is 4.81. The summed E-state index contributed by atoms with van der Waals surface area (Å²) >= 11 is 0. The minimum absolute atomic E-state index is 0.690. The summed E-state index contributed by atoms with van der Waals surface area (Å²) in [6.07, 6.45) is 0. The molecule has 0 atom stereocenters. The molecular formula is C20H19N5. The minimum atomic E-state index is 0.690. The van der Waals surface area contributed by atoms with Gasteiger partial charge in [0.15, 0.2) is 11.6 Å². The zero-order chi connectivity index (χ0) is 17.4. The molecule has 1 N–H and O–H groups in total. The maximum Gasteiger partial charge on any atom is 0.197 e. The molecule has 4 aromatic rings. The van der Waals surface area contributed by atoms with Crippen LogP contribution < -0.4 is 5.32 Å². The van der Waals surface area contributed by atoms with Crippen molar-refractivity contribution in [2.45, 2.75) is 20.8 Å². The average molecular weight is 329 g/mol. The highest BCUT2D eigenvalue weighted by atomic mass is 15.3. The Morgan fingerprint density at radius 1 is 0.840 bits per heavy atom. The third-order valence-electron chi connectivity index (χ3n) is 4.04. The molecule has 0 spiro atoms. The van der Waals surface area contributed by atoms with Crippen LogP contribution in [0.5, 0.6) is 0 Å². The van der Waals surface area contributed by atoms with Crippen LogP contribution in [-0.4, -0.2) is 19.7 Å². The van der Waals surface area contributed by atoms with E-state index < -0.39 is 0 Å². The summed E-state index contributed by atoms with van der Waals surface area (Å²) in [5.41, 5.74) is 5.84. The quantitative estimate of drug-likeness (QED) is 0.602. The summed E-state index contributed by atoms with van der Waals surface area (Å²) in [5.74, 6) is 1.39. The lowest BCUT2D eigenvalue weighted by atomic mass is 10.2. The van der Waals surface area contributed by atoms with Crippen LogP contribution in [0.4, 0.5) is 11.5 Å². The van der Waals surface area contributed by atoms with Gasteiger partial charge in [0.05, 0.1) is 16.7 Å². The van der Waals surface area contributed by atoms with Crippen molar-refractivity contribution in [1.82, 2.24) is 19.7 Å². The molecule has 4 rings (SSSR count). The Morgan fingerprint density at radius 2 is 1.60 bits per heavy atom. The van der Waals surface area contributed by atoms with Crippen molar-refractivity contribution in [3.8, 4) is 5.82 Å². The number of aryl methyl sites for hydroxylation is 3. The second-order valence-corrected chi connectivity index (χ2v) is 6.22. The predicted molar refractivity (Wildman–Crippen MR) is 101 cm³/mol. The lowest BCUT2D eigenvalue weighted by Gasteiger charge is -2.13. The van der Waals surface area contributed by atoms with E-state index in [-0.39, 0.29) is 0 Å². The number of nitrogens with zero attached hydrogens (tertiary/aromatic N) is 4. The molecule has 0 saturated heterocycles. The SMILES string of the molecule is Cc1cccc(Nc2nc3ccccc3nc2-n2nc(C)cc2C)c1. The zero-order valence-electron chi connectivity index (χ0n) is 14.5. The topological polar surface area (TPSA) is 55.6 Å². The van der Waals surface area contributed by atoms with Crippen LogP contribution in [0.25, 0.3) is 16.9 Å². The van der Waals surface area contributed by atoms with Crippen molar-refractivity contribution in [2.24, 2.45) is 0 Å². The third-order valence-corrected chi connectivity index (χ3v) is 4.04. The van der Waals surface area contributed by atoms with Gasteiger partial charge in [-0.3, -0.25) is 0 Å². The number of anilines is 2. The number of benzene rings is 2. The second-order valence-electron chi connectivity index (χ2n) is 6.22. The summed E-state index contributed by atoms with van der Waals surface area (Å²) < 4.78 is 1.84. The van der Waals surface area contributed by atoms with E-state index in [1.807, 2.05) is 61.0 Å². The first kappa shape index (κ1) is 15.3. The Kier molecular flexibility index (Phi) is 3.69. The highest BCUT2D eigenvalue weighted by Crippen LogP contribution is 2.25. The van der Waals surface area contributed by atoms with Gasteiger partial charge in [0, 0.05) is 11.4 Å². The number of fused-ring (bicyclic) bond motifs is 1. The zero-order valence-corrected chi connectivity index (χ0v) is 14.5. The molecule has 0 unspecified atom stereocenters. The van der Waals surface area contributed by atoms with E-state index in [1.165, 1.54) is 5.56 Å². The van der Waals surface area contributed by atoms with Crippen LogP contribution in [-0.2, 0) is 0 Å². The number of aromatic nitrogens is 4. The molecule has 2 aromatic heterocycles. The Hall–Kier alpha value is -3.21. The molecule has 2 aromatic carbocycles. The van der Waals surface area contributed by atoms with E-state index in [0.717, 1.165) is 28.1 Å². The monoisotopic (exact) mass is 329 g/mol. The van der Waals surface area contributed by atoms with E-state index in [1.54, 1.807) is 0 Å². The van der Waals surface area contributed by atoms with Gasteiger partial charge < -0.3 is 5.32 Å². The van der Waals surface area contributed by atoms with Gasteiger partial charge in [-0.1, -0.05) is 24.3 Å². The van der Waals surface area contributed by atoms with E-state index in [2.05, 4.69) is 29.5 Å². The highest BCUT2D eigenvalue weighted by molar-refractivity contribution is 5.79. The molecule has 5 nitrogen and oxygen atoms in total. The lowest BCUT2D eigenvalue weighted by molar-refractivity contribution is 0.808. The predicted octanol–water partition coefficient (Wildman–Crippen LogP) is 4.48. The van der Waals surface area contributed by atoms with Gasteiger partial charge in [-0.2, -0.15) is 5.10 Å². The molecule has 0 fully saturated rings. The molecule has 0 bridgehead atoms. The van der Waals surface area contributed by atoms with Crippen LogP contribution in [0.3, 0.4) is 0 Å². The fourth-order valence-corrected chi connectivity index (χ4v) is 2.93. The van der Waals surface area contributed by atoms with Crippen LogP contribution in [0.2, 0.25) is 0 Å². The van der Waals surface area contributed by atoms with Crippen LogP contribution in [0.15, 0.2) is 54.6 Å². The van der Waals surface area contributed by atoms with Gasteiger partial charge in [-0.15, -0.1) is 0 Å². The van der Waals surface area contributed by atoms with Crippen molar-refractivity contribution in [3.63, 3.8) is 0 Å². The summed E-state index contributed by atoms with van der Waals surface area (Å²) in [5, 5.41) is 7.99. The maximum atomic E-state index is 4.81. The molecule has 25 heavy (non-hydrogen) atoms. The highest BCUT2D eigenvalue weighted by Gasteiger charge is 2.14. The number of hydrogen-bond acceptors (Lipinski definition) is 4. The normalized spacial score (nSPS) is 11.0. The first-order chi connectivity index (χ1) is 12.1. The van der Waals surface area contributed by atoms with Gasteiger partial charge >= 0.3 is 0 Å². The molecule has 5 heteroatoms. The smallest absolute Gasteiger partial charge is 0.197 e. The summed E-state index contributed by atoms with van der Waals surface area (Å²) in [6.45, 7) is 6.07. The lowest BCUT2D eigenvalue weighted by Crippen LogP contribution is -2.08. The molecule has 0 aliphatic carbocycles. The molecule has 0 amide bonds. The standard InChI is InChI=1S/C20H19N5/c1-13-7-6-8-16(11-13)21-19-20(25-15(3)12-14(2)24-25)23-18-10-5-4-9-17(18)22-19/h4-12H,1-3H3,(H,21,22). The second kappa shape index (κ2) is 6.02. The third kappa shape index (κ3) is 2.96. The summed E-state index contributed by atoms with van der Waals surface area (Å²) in [7, 11) is 0. The van der Waals surface area contributed by atoms with Gasteiger partial charge in [-0.25, -0.2) is 14.6 Å². The Bertz CT molecular complexity index is 1060. The molecular weight excluding hydrogens is 310 g/mol. The van der Waals surface area contributed by atoms with Gasteiger partial charge in [-0.05, 0) is 56.7 Å². The average Bonchev–Trinajstić information content (AvgIpc) is 2.92. The fraction of sp³-hybridized carbons (Fsp3) is 0.150. The minimum Gasteiger partial charge on any atom is -0.337 e. The van der Waals surface area contributed by atoms with Crippen molar-refractivity contribution in [2.75, 3.05) is 5.32 Å². The van der Waals surface area contributed by atoms with Crippen molar-refractivity contribution in [3.05, 3.63) is 71.5 Å². The number of rotatable bonds is 3. The molecule has 0 aliphatic rings. The number of hydrogen-bond donors (Lipinski definition) is 1. The fourth-order valence-electron chi connectivity index (χ4n) is 2.93. The van der Waals surface area contributed by atoms with Crippen molar-refractivity contribution in [1.29, 1.82) is 0 Å². The molecule has 2 heterocycles. The Balaban J connectivity index is 1.91. The number of nitrogens with one attached hydrogen (secondary N) is 1. The van der Waals surface area contributed by atoms with Gasteiger partial charge in [0.2, 0.25) is 0 Å². The van der Waals surface area contributed by atoms with E-state index >= 15 is 0 Å². The molecule has 0 aliphatic heterocycles. The largest absolute Gasteiger partial charge is 0.337 e.